The molecule has 1 heterocycles. The molecule has 0 bridgehead atoms. The minimum Gasteiger partial charge on any atom is -0.464 e. The highest BCUT2D eigenvalue weighted by atomic mass is 79.9. The first-order valence-electron chi connectivity index (χ1n) is 4.01. The van der Waals surface area contributed by atoms with Crippen LogP contribution >= 0.6 is 15.9 Å². The number of pyridine rings is 1. The number of rotatable bonds is 2. The topological polar surface area (TPSA) is 39.2 Å². The minimum absolute atomic E-state index is 0.340. The summed E-state index contributed by atoms with van der Waals surface area (Å²) in [5, 5.41) is 0. The second kappa shape index (κ2) is 4.65. The highest BCUT2D eigenvalue weighted by molar-refractivity contribution is 9.10. The monoisotopic (exact) mass is 279 g/mol. The van der Waals surface area contributed by atoms with Crippen molar-refractivity contribution in [2.75, 3.05) is 7.11 Å². The quantitative estimate of drug-likeness (QED) is 0.782. The van der Waals surface area contributed by atoms with E-state index in [1.165, 1.54) is 6.07 Å². The highest BCUT2D eigenvalue weighted by Gasteiger charge is 2.22. The molecule has 0 aromatic carbocycles. The molecule has 0 unspecified atom stereocenters. The maximum Gasteiger partial charge on any atom is 0.357 e. The predicted molar refractivity (Wildman–Crippen MR) is 53.0 cm³/mol. The van der Waals surface area contributed by atoms with Gasteiger partial charge >= 0.3 is 5.97 Å². The SMILES string of the molecule is COC(=O)c1nc(C)c(Br)cc1C(F)F. The summed E-state index contributed by atoms with van der Waals surface area (Å²) >= 11 is 3.07. The van der Waals surface area contributed by atoms with Gasteiger partial charge in [-0.05, 0) is 28.9 Å². The zero-order valence-electron chi connectivity index (χ0n) is 8.05. The Hall–Kier alpha value is -1.04. The van der Waals surface area contributed by atoms with Gasteiger partial charge in [0.15, 0.2) is 5.69 Å². The molecular formula is C9H8BrF2NO2. The smallest absolute Gasteiger partial charge is 0.357 e. The fraction of sp³-hybridized carbons (Fsp3) is 0.333. The zero-order chi connectivity index (χ0) is 11.6. The number of ether oxygens (including phenoxy) is 1. The summed E-state index contributed by atoms with van der Waals surface area (Å²) < 4.78 is 29.9. The molecule has 1 rings (SSSR count). The normalized spacial score (nSPS) is 10.5. The van der Waals surface area contributed by atoms with Gasteiger partial charge in [-0.3, -0.25) is 0 Å². The van der Waals surface area contributed by atoms with E-state index in [-0.39, 0.29) is 5.69 Å². The van der Waals surface area contributed by atoms with Crippen LogP contribution in [0.5, 0.6) is 0 Å². The van der Waals surface area contributed by atoms with E-state index < -0.39 is 18.0 Å². The number of halogens is 3. The van der Waals surface area contributed by atoms with Gasteiger partial charge in [0, 0.05) is 4.47 Å². The Morgan fingerprint density at radius 3 is 2.67 bits per heavy atom. The Morgan fingerprint density at radius 2 is 2.20 bits per heavy atom. The van der Waals surface area contributed by atoms with E-state index in [0.717, 1.165) is 7.11 Å². The molecule has 0 radical (unpaired) electrons. The lowest BCUT2D eigenvalue weighted by atomic mass is 10.2. The number of nitrogens with zero attached hydrogens (tertiary/aromatic N) is 1. The van der Waals surface area contributed by atoms with Crippen molar-refractivity contribution in [3.05, 3.63) is 27.5 Å². The van der Waals surface area contributed by atoms with E-state index in [9.17, 15) is 13.6 Å². The van der Waals surface area contributed by atoms with Crippen molar-refractivity contribution in [1.29, 1.82) is 0 Å². The summed E-state index contributed by atoms with van der Waals surface area (Å²) in [6, 6.07) is 1.18. The number of methoxy groups -OCH3 is 1. The average Bonchev–Trinajstić information content (AvgIpc) is 2.20. The molecule has 0 spiro atoms. The van der Waals surface area contributed by atoms with Crippen molar-refractivity contribution in [3.63, 3.8) is 0 Å². The van der Waals surface area contributed by atoms with E-state index in [1.54, 1.807) is 6.92 Å². The molecule has 0 saturated carbocycles. The van der Waals surface area contributed by atoms with E-state index in [4.69, 9.17) is 0 Å². The molecule has 0 aliphatic carbocycles. The van der Waals surface area contributed by atoms with Crippen molar-refractivity contribution in [2.24, 2.45) is 0 Å². The zero-order valence-corrected chi connectivity index (χ0v) is 9.64. The van der Waals surface area contributed by atoms with Gasteiger partial charge in [0.25, 0.3) is 6.43 Å². The standard InChI is InChI=1S/C9H8BrF2NO2/c1-4-6(10)3-5(8(11)12)7(13-4)9(14)15-2/h3,8H,1-2H3. The minimum atomic E-state index is -2.76. The predicted octanol–water partition coefficient (Wildman–Crippen LogP) is 2.88. The molecule has 15 heavy (non-hydrogen) atoms. The Labute approximate surface area is 93.6 Å². The molecule has 0 fully saturated rings. The van der Waals surface area contributed by atoms with Crippen LogP contribution in [-0.2, 0) is 4.74 Å². The lowest BCUT2D eigenvalue weighted by Gasteiger charge is -2.08. The Kier molecular flexibility index (Phi) is 3.73. The summed E-state index contributed by atoms with van der Waals surface area (Å²) in [6.45, 7) is 1.60. The molecule has 1 aromatic heterocycles. The fourth-order valence-corrected chi connectivity index (χ4v) is 1.36. The van der Waals surface area contributed by atoms with Crippen molar-refractivity contribution < 1.29 is 18.3 Å². The van der Waals surface area contributed by atoms with Crippen molar-refractivity contribution >= 4 is 21.9 Å². The van der Waals surface area contributed by atoms with E-state index in [2.05, 4.69) is 25.7 Å². The van der Waals surface area contributed by atoms with Gasteiger partial charge in [-0.25, -0.2) is 18.6 Å². The van der Waals surface area contributed by atoms with Crippen LogP contribution in [0.25, 0.3) is 0 Å². The van der Waals surface area contributed by atoms with Crippen molar-refractivity contribution in [1.82, 2.24) is 4.98 Å². The van der Waals surface area contributed by atoms with Crippen LogP contribution in [0.4, 0.5) is 8.78 Å². The van der Waals surface area contributed by atoms with E-state index in [1.807, 2.05) is 0 Å². The number of hydrogen-bond acceptors (Lipinski definition) is 3. The number of hydrogen-bond donors (Lipinski definition) is 0. The highest BCUT2D eigenvalue weighted by Crippen LogP contribution is 2.27. The fourth-order valence-electron chi connectivity index (χ4n) is 1.02. The number of carbonyl (C=O) groups is 1. The number of aryl methyl sites for hydroxylation is 1. The van der Waals surface area contributed by atoms with E-state index >= 15 is 0 Å². The van der Waals surface area contributed by atoms with Gasteiger partial charge in [0.05, 0.1) is 18.4 Å². The molecule has 6 heteroatoms. The molecule has 0 saturated heterocycles. The largest absolute Gasteiger partial charge is 0.464 e. The first-order valence-corrected chi connectivity index (χ1v) is 4.80. The number of carbonyl (C=O) groups excluding carboxylic acids is 1. The van der Waals surface area contributed by atoms with Gasteiger partial charge in [-0.2, -0.15) is 0 Å². The van der Waals surface area contributed by atoms with Crippen LogP contribution in [0.15, 0.2) is 10.5 Å². The third-order valence-corrected chi connectivity index (χ3v) is 2.60. The lowest BCUT2D eigenvalue weighted by molar-refractivity contribution is 0.0581. The van der Waals surface area contributed by atoms with Crippen molar-refractivity contribution in [2.45, 2.75) is 13.3 Å². The maximum absolute atomic E-state index is 12.6. The van der Waals surface area contributed by atoms with Gasteiger partial charge < -0.3 is 4.74 Å². The van der Waals surface area contributed by atoms with Gasteiger partial charge in [0.1, 0.15) is 0 Å². The Morgan fingerprint density at radius 1 is 1.60 bits per heavy atom. The molecule has 1 aromatic rings. The first-order chi connectivity index (χ1) is 6.97. The van der Waals surface area contributed by atoms with Crippen LogP contribution in [0.2, 0.25) is 0 Å². The van der Waals surface area contributed by atoms with Gasteiger partial charge in [-0.1, -0.05) is 0 Å². The van der Waals surface area contributed by atoms with Crippen LogP contribution in [-0.4, -0.2) is 18.1 Å². The summed E-state index contributed by atoms with van der Waals surface area (Å²) in [6.07, 6.45) is -2.76. The molecule has 0 atom stereocenters. The Balaban J connectivity index is 3.34. The number of alkyl halides is 2. The first kappa shape index (κ1) is 12.0. The van der Waals surface area contributed by atoms with E-state index in [0.29, 0.717) is 10.2 Å². The molecule has 0 aliphatic rings. The maximum atomic E-state index is 12.6. The van der Waals surface area contributed by atoms with Crippen molar-refractivity contribution in [3.8, 4) is 0 Å². The molecule has 0 N–H and O–H groups in total. The summed E-state index contributed by atoms with van der Waals surface area (Å²) in [7, 11) is 1.12. The molecular weight excluding hydrogens is 272 g/mol. The number of esters is 1. The average molecular weight is 280 g/mol. The second-order valence-corrected chi connectivity index (χ2v) is 3.64. The Bertz CT molecular complexity index is 396. The summed E-state index contributed by atoms with van der Waals surface area (Å²) in [4.78, 5) is 14.9. The lowest BCUT2D eigenvalue weighted by Crippen LogP contribution is -2.10. The summed E-state index contributed by atoms with van der Waals surface area (Å²) in [5.74, 6) is -0.860. The molecule has 0 amide bonds. The summed E-state index contributed by atoms with van der Waals surface area (Å²) in [5.41, 5.74) is -0.313. The second-order valence-electron chi connectivity index (χ2n) is 2.79. The molecule has 0 aliphatic heterocycles. The molecule has 82 valence electrons. The van der Waals surface area contributed by atoms with Crippen LogP contribution in [0.1, 0.15) is 28.2 Å². The third kappa shape index (κ3) is 2.50. The van der Waals surface area contributed by atoms with Crippen LogP contribution in [0.3, 0.4) is 0 Å². The number of aromatic nitrogens is 1. The van der Waals surface area contributed by atoms with Crippen LogP contribution in [0, 0.1) is 6.92 Å². The van der Waals surface area contributed by atoms with Gasteiger partial charge in [0.2, 0.25) is 0 Å². The molecule has 3 nitrogen and oxygen atoms in total. The van der Waals surface area contributed by atoms with Gasteiger partial charge in [-0.15, -0.1) is 0 Å². The third-order valence-electron chi connectivity index (χ3n) is 1.79. The van der Waals surface area contributed by atoms with Crippen LogP contribution < -0.4 is 0 Å².